The summed E-state index contributed by atoms with van der Waals surface area (Å²) in [5.74, 6) is 0.721. The van der Waals surface area contributed by atoms with Crippen LogP contribution >= 0.6 is 0 Å². The van der Waals surface area contributed by atoms with Crippen molar-refractivity contribution in [3.05, 3.63) is 53.6 Å². The molecule has 2 atom stereocenters. The average Bonchev–Trinajstić information content (AvgIpc) is 2.63. The summed E-state index contributed by atoms with van der Waals surface area (Å²) < 4.78 is 11.7. The number of phenols is 1. The van der Waals surface area contributed by atoms with Crippen LogP contribution in [0.5, 0.6) is 5.75 Å². The van der Waals surface area contributed by atoms with E-state index in [0.717, 1.165) is 24.0 Å². The Hall–Kier alpha value is -2.23. The highest BCUT2D eigenvalue weighted by Crippen LogP contribution is 2.44. The Labute approximate surface area is 174 Å². The van der Waals surface area contributed by atoms with Crippen LogP contribution in [0.3, 0.4) is 0 Å². The van der Waals surface area contributed by atoms with E-state index < -0.39 is 17.4 Å². The van der Waals surface area contributed by atoms with Crippen LogP contribution in [0, 0.1) is 11.8 Å². The van der Waals surface area contributed by atoms with Crippen molar-refractivity contribution in [2.45, 2.75) is 77.4 Å². The minimum absolute atomic E-state index is 0.0543. The van der Waals surface area contributed by atoms with E-state index in [1.54, 1.807) is 12.1 Å². The third-order valence-corrected chi connectivity index (χ3v) is 5.88. The topological polar surface area (TPSA) is 55.8 Å². The Morgan fingerprint density at radius 3 is 2.52 bits per heavy atom. The van der Waals surface area contributed by atoms with Crippen molar-refractivity contribution in [3.63, 3.8) is 0 Å². The molecule has 0 amide bonds. The van der Waals surface area contributed by atoms with Crippen molar-refractivity contribution in [1.82, 2.24) is 0 Å². The van der Waals surface area contributed by atoms with Crippen molar-refractivity contribution in [1.29, 1.82) is 0 Å². The standard InChI is InChI=1S/C25H34O4/c1-18-14-15-21(19-10-6-5-7-11-19)25(16-18,29-23(27)28-24(2,3)4)17-20-12-8-9-13-22(20)26/h8-9,12-16,19,21,26H,5-7,10-11,17H2,1-4H3. The molecule has 1 aromatic rings. The molecule has 3 rings (SSSR count). The van der Waals surface area contributed by atoms with E-state index in [4.69, 9.17) is 9.47 Å². The van der Waals surface area contributed by atoms with Crippen molar-refractivity contribution in [2.75, 3.05) is 0 Å². The zero-order chi connectivity index (χ0) is 21.1. The molecule has 0 radical (unpaired) electrons. The van der Waals surface area contributed by atoms with Gasteiger partial charge >= 0.3 is 6.16 Å². The second kappa shape index (κ2) is 8.64. The van der Waals surface area contributed by atoms with Crippen LogP contribution in [-0.2, 0) is 15.9 Å². The first-order chi connectivity index (χ1) is 13.7. The van der Waals surface area contributed by atoms with E-state index in [9.17, 15) is 9.90 Å². The van der Waals surface area contributed by atoms with Crippen molar-refractivity contribution in [3.8, 4) is 5.75 Å². The van der Waals surface area contributed by atoms with Crippen LogP contribution in [0.2, 0.25) is 0 Å². The van der Waals surface area contributed by atoms with Gasteiger partial charge in [0.05, 0.1) is 0 Å². The number of para-hydroxylation sites is 1. The van der Waals surface area contributed by atoms with Crippen LogP contribution in [0.25, 0.3) is 0 Å². The predicted molar refractivity (Wildman–Crippen MR) is 115 cm³/mol. The zero-order valence-corrected chi connectivity index (χ0v) is 18.1. The van der Waals surface area contributed by atoms with E-state index in [1.807, 2.05) is 39.8 Å². The number of ether oxygens (including phenoxy) is 2. The second-order valence-corrected chi connectivity index (χ2v) is 9.50. The van der Waals surface area contributed by atoms with Crippen molar-refractivity contribution < 1.29 is 19.4 Å². The van der Waals surface area contributed by atoms with E-state index >= 15 is 0 Å². The molecule has 0 aromatic heterocycles. The fourth-order valence-corrected chi connectivity index (χ4v) is 4.68. The maximum absolute atomic E-state index is 12.8. The summed E-state index contributed by atoms with van der Waals surface area (Å²) in [6.07, 6.45) is 12.1. The molecule has 2 aliphatic rings. The Bertz CT molecular complexity index is 780. The Morgan fingerprint density at radius 1 is 1.17 bits per heavy atom. The number of hydrogen-bond donors (Lipinski definition) is 1. The highest BCUT2D eigenvalue weighted by Gasteiger charge is 2.46. The number of rotatable bonds is 4. The van der Waals surface area contributed by atoms with Gasteiger partial charge in [-0.1, -0.05) is 55.2 Å². The Balaban J connectivity index is 1.99. The largest absolute Gasteiger partial charge is 0.509 e. The first-order valence-corrected chi connectivity index (χ1v) is 10.7. The third kappa shape index (κ3) is 5.43. The molecular formula is C25H34O4. The van der Waals surface area contributed by atoms with Gasteiger partial charge in [-0.2, -0.15) is 0 Å². The lowest BCUT2D eigenvalue weighted by Crippen LogP contribution is -2.48. The number of allylic oxidation sites excluding steroid dienone is 2. The maximum Gasteiger partial charge on any atom is 0.509 e. The molecule has 2 unspecified atom stereocenters. The molecule has 1 N–H and O–H groups in total. The van der Waals surface area contributed by atoms with Crippen molar-refractivity contribution in [2.24, 2.45) is 11.8 Å². The molecule has 1 fully saturated rings. The van der Waals surface area contributed by atoms with Crippen LogP contribution in [0.15, 0.2) is 48.1 Å². The zero-order valence-electron chi connectivity index (χ0n) is 18.1. The molecule has 0 saturated heterocycles. The van der Waals surface area contributed by atoms with E-state index in [-0.39, 0.29) is 11.7 Å². The molecular weight excluding hydrogens is 364 g/mol. The Morgan fingerprint density at radius 2 is 1.86 bits per heavy atom. The van der Waals surface area contributed by atoms with Crippen LogP contribution in [-0.4, -0.2) is 22.5 Å². The van der Waals surface area contributed by atoms with Gasteiger partial charge in [-0.25, -0.2) is 4.79 Å². The van der Waals surface area contributed by atoms with Crippen LogP contribution < -0.4 is 0 Å². The van der Waals surface area contributed by atoms with Gasteiger partial charge in [0.15, 0.2) is 0 Å². The van der Waals surface area contributed by atoms with Gasteiger partial charge in [-0.05, 0) is 64.2 Å². The summed E-state index contributed by atoms with van der Waals surface area (Å²) in [4.78, 5) is 12.8. The lowest BCUT2D eigenvalue weighted by molar-refractivity contribution is -0.0731. The molecule has 0 heterocycles. The Kier molecular flexibility index (Phi) is 6.40. The molecule has 0 bridgehead atoms. The fourth-order valence-electron chi connectivity index (χ4n) is 4.68. The highest BCUT2D eigenvalue weighted by molar-refractivity contribution is 5.62. The molecule has 1 saturated carbocycles. The summed E-state index contributed by atoms with van der Waals surface area (Å²) in [6.45, 7) is 7.53. The molecule has 0 spiro atoms. The number of hydrogen-bond acceptors (Lipinski definition) is 4. The molecule has 1 aromatic carbocycles. The highest BCUT2D eigenvalue weighted by atomic mass is 16.7. The van der Waals surface area contributed by atoms with Crippen LogP contribution in [0.4, 0.5) is 4.79 Å². The summed E-state index contributed by atoms with van der Waals surface area (Å²) in [6, 6.07) is 7.29. The van der Waals surface area contributed by atoms with Gasteiger partial charge in [-0.15, -0.1) is 0 Å². The molecule has 4 heteroatoms. The monoisotopic (exact) mass is 398 g/mol. The minimum Gasteiger partial charge on any atom is -0.508 e. The van der Waals surface area contributed by atoms with E-state index in [2.05, 4.69) is 18.2 Å². The summed E-state index contributed by atoms with van der Waals surface area (Å²) in [5, 5.41) is 10.4. The van der Waals surface area contributed by atoms with Gasteiger partial charge in [0.1, 0.15) is 17.0 Å². The summed E-state index contributed by atoms with van der Waals surface area (Å²) >= 11 is 0. The van der Waals surface area contributed by atoms with E-state index in [0.29, 0.717) is 12.3 Å². The quantitative estimate of drug-likeness (QED) is 0.601. The third-order valence-electron chi connectivity index (χ3n) is 5.88. The summed E-state index contributed by atoms with van der Waals surface area (Å²) in [5.41, 5.74) is 0.325. The number of phenolic OH excluding ortho intramolecular Hbond substituents is 1. The van der Waals surface area contributed by atoms with Gasteiger partial charge in [0.2, 0.25) is 0 Å². The average molecular weight is 399 g/mol. The van der Waals surface area contributed by atoms with Gasteiger partial charge in [-0.3, -0.25) is 0 Å². The summed E-state index contributed by atoms with van der Waals surface area (Å²) in [7, 11) is 0. The second-order valence-electron chi connectivity index (χ2n) is 9.50. The number of aromatic hydroxyl groups is 1. The number of carbonyl (C=O) groups is 1. The van der Waals surface area contributed by atoms with Gasteiger partial charge < -0.3 is 14.6 Å². The molecule has 4 nitrogen and oxygen atoms in total. The number of carbonyl (C=O) groups excluding carboxylic acids is 1. The van der Waals surface area contributed by atoms with E-state index in [1.165, 1.54) is 19.3 Å². The lowest BCUT2D eigenvalue weighted by Gasteiger charge is -2.44. The molecule has 158 valence electrons. The van der Waals surface area contributed by atoms with Crippen LogP contribution in [0.1, 0.15) is 65.4 Å². The minimum atomic E-state index is -0.873. The smallest absolute Gasteiger partial charge is 0.508 e. The molecule has 29 heavy (non-hydrogen) atoms. The SMILES string of the molecule is CC1=CC(Cc2ccccc2O)(OC(=O)OC(C)(C)C)C(C2CCCCC2)C=C1. The first kappa shape index (κ1) is 21.5. The van der Waals surface area contributed by atoms with Crippen molar-refractivity contribution >= 4 is 6.16 Å². The fraction of sp³-hybridized carbons (Fsp3) is 0.560. The van der Waals surface area contributed by atoms with Gasteiger partial charge in [0.25, 0.3) is 0 Å². The predicted octanol–water partition coefficient (Wildman–Crippen LogP) is 6.34. The lowest BCUT2D eigenvalue weighted by atomic mass is 9.67. The van der Waals surface area contributed by atoms with Gasteiger partial charge in [0, 0.05) is 12.3 Å². The number of benzene rings is 1. The first-order valence-electron chi connectivity index (χ1n) is 10.7. The molecule has 0 aliphatic heterocycles. The molecule has 2 aliphatic carbocycles. The maximum atomic E-state index is 12.8. The normalized spacial score (nSPS) is 25.4.